The Morgan fingerprint density at radius 3 is 2.67 bits per heavy atom. The lowest BCUT2D eigenvalue weighted by atomic mass is 10.1. The molecule has 2 N–H and O–H groups in total. The molecule has 0 aromatic heterocycles. The van der Waals surface area contributed by atoms with Gasteiger partial charge in [0.05, 0.1) is 0 Å². The van der Waals surface area contributed by atoms with E-state index in [1.807, 2.05) is 18.2 Å². The molecule has 0 unspecified atom stereocenters. The van der Waals surface area contributed by atoms with Crippen molar-refractivity contribution in [1.29, 1.82) is 0 Å². The van der Waals surface area contributed by atoms with Gasteiger partial charge in [0.25, 0.3) is 0 Å². The minimum atomic E-state index is -0.197. The minimum absolute atomic E-state index is 0.197. The third-order valence-corrected chi connectivity index (χ3v) is 4.02. The van der Waals surface area contributed by atoms with E-state index in [4.69, 9.17) is 17.3 Å². The number of nitrogens with two attached hydrogens (primary N) is 1. The van der Waals surface area contributed by atoms with E-state index in [2.05, 4.69) is 11.0 Å². The summed E-state index contributed by atoms with van der Waals surface area (Å²) in [5, 5.41) is 0.575. The largest absolute Gasteiger partial charge is 0.399 e. The van der Waals surface area contributed by atoms with E-state index in [1.165, 1.54) is 18.9 Å². The van der Waals surface area contributed by atoms with Crippen LogP contribution in [0.3, 0.4) is 0 Å². The zero-order valence-corrected chi connectivity index (χ0v) is 12.5. The summed E-state index contributed by atoms with van der Waals surface area (Å²) < 4.78 is 13.9. The number of halogens is 2. The summed E-state index contributed by atoms with van der Waals surface area (Å²) in [6.45, 7) is 1.35. The van der Waals surface area contributed by atoms with Gasteiger partial charge in [-0.15, -0.1) is 0 Å². The lowest BCUT2D eigenvalue weighted by Crippen LogP contribution is -2.25. The van der Waals surface area contributed by atoms with Gasteiger partial charge in [-0.25, -0.2) is 4.39 Å². The van der Waals surface area contributed by atoms with Crippen molar-refractivity contribution in [2.24, 2.45) is 0 Å². The van der Waals surface area contributed by atoms with Crippen molar-refractivity contribution in [1.82, 2.24) is 4.90 Å². The summed E-state index contributed by atoms with van der Waals surface area (Å²) in [5.41, 5.74) is 8.40. The molecular formula is C17H18ClFN2. The van der Waals surface area contributed by atoms with Crippen LogP contribution >= 0.6 is 11.6 Å². The first kappa shape index (κ1) is 14.4. The maximum absolute atomic E-state index is 13.9. The third-order valence-electron chi connectivity index (χ3n) is 3.78. The fraction of sp³-hybridized carbons (Fsp3) is 0.294. The highest BCUT2D eigenvalue weighted by Crippen LogP contribution is 2.31. The van der Waals surface area contributed by atoms with Crippen molar-refractivity contribution in [2.45, 2.75) is 32.0 Å². The van der Waals surface area contributed by atoms with E-state index < -0.39 is 0 Å². The summed E-state index contributed by atoms with van der Waals surface area (Å²) in [6.07, 6.45) is 2.34. The number of hydrogen-bond donors (Lipinski definition) is 1. The summed E-state index contributed by atoms with van der Waals surface area (Å²) in [7, 11) is 0. The number of benzene rings is 2. The Labute approximate surface area is 129 Å². The second-order valence-electron chi connectivity index (χ2n) is 5.62. The molecule has 0 spiro atoms. The van der Waals surface area contributed by atoms with Gasteiger partial charge in [0.1, 0.15) is 5.82 Å². The molecule has 21 heavy (non-hydrogen) atoms. The second-order valence-corrected chi connectivity index (χ2v) is 6.05. The van der Waals surface area contributed by atoms with Gasteiger partial charge in [0.15, 0.2) is 0 Å². The van der Waals surface area contributed by atoms with Crippen LogP contribution in [0.2, 0.25) is 5.02 Å². The van der Waals surface area contributed by atoms with Crippen LogP contribution in [0.15, 0.2) is 42.5 Å². The molecule has 2 aromatic rings. The smallest absolute Gasteiger partial charge is 0.127 e. The molecule has 4 heteroatoms. The van der Waals surface area contributed by atoms with Crippen LogP contribution in [-0.2, 0) is 13.1 Å². The fourth-order valence-electron chi connectivity index (χ4n) is 2.56. The lowest BCUT2D eigenvalue weighted by molar-refractivity contribution is 0.242. The predicted octanol–water partition coefficient (Wildman–Crippen LogP) is 4.23. The average molecular weight is 305 g/mol. The second kappa shape index (κ2) is 6.04. The summed E-state index contributed by atoms with van der Waals surface area (Å²) >= 11 is 5.97. The van der Waals surface area contributed by atoms with Crippen LogP contribution in [-0.4, -0.2) is 10.9 Å². The topological polar surface area (TPSA) is 29.3 Å². The standard InChI is InChI=1S/C17H18ClFN2/c18-14-4-7-17(19)13(9-14)11-21(16-5-6-16)10-12-2-1-3-15(20)8-12/h1-4,7-9,16H,5-6,10-11,20H2. The molecule has 1 aliphatic carbocycles. The quantitative estimate of drug-likeness (QED) is 0.838. The molecule has 0 atom stereocenters. The summed E-state index contributed by atoms with van der Waals surface area (Å²) in [6, 6.07) is 13.1. The SMILES string of the molecule is Nc1cccc(CN(Cc2cc(Cl)ccc2F)C2CC2)c1. The third kappa shape index (κ3) is 3.74. The molecule has 0 amide bonds. The van der Waals surface area contributed by atoms with Crippen molar-refractivity contribution in [3.63, 3.8) is 0 Å². The number of rotatable bonds is 5. The van der Waals surface area contributed by atoms with Crippen molar-refractivity contribution >= 4 is 17.3 Å². The van der Waals surface area contributed by atoms with Crippen LogP contribution < -0.4 is 5.73 Å². The van der Waals surface area contributed by atoms with Gasteiger partial charge in [0, 0.05) is 35.4 Å². The Hall–Kier alpha value is -1.58. The molecule has 0 aliphatic heterocycles. The Balaban J connectivity index is 1.77. The molecule has 3 rings (SSSR count). The Morgan fingerprint density at radius 1 is 1.14 bits per heavy atom. The minimum Gasteiger partial charge on any atom is -0.399 e. The van der Waals surface area contributed by atoms with Crippen molar-refractivity contribution in [3.8, 4) is 0 Å². The molecule has 0 radical (unpaired) electrons. The van der Waals surface area contributed by atoms with Gasteiger partial charge < -0.3 is 5.73 Å². The lowest BCUT2D eigenvalue weighted by Gasteiger charge is -2.22. The number of anilines is 1. The normalized spacial score (nSPS) is 14.6. The highest BCUT2D eigenvalue weighted by molar-refractivity contribution is 6.30. The van der Waals surface area contributed by atoms with Crippen LogP contribution in [0.25, 0.3) is 0 Å². The van der Waals surface area contributed by atoms with E-state index in [0.717, 1.165) is 17.8 Å². The van der Waals surface area contributed by atoms with Crippen molar-refractivity contribution < 1.29 is 4.39 Å². The van der Waals surface area contributed by atoms with Gasteiger partial charge in [-0.1, -0.05) is 23.7 Å². The van der Waals surface area contributed by atoms with Crippen LogP contribution in [0.5, 0.6) is 0 Å². The van der Waals surface area contributed by atoms with E-state index in [0.29, 0.717) is 23.2 Å². The fourth-order valence-corrected chi connectivity index (χ4v) is 2.76. The molecule has 0 heterocycles. The van der Waals surface area contributed by atoms with Gasteiger partial charge in [0.2, 0.25) is 0 Å². The summed E-state index contributed by atoms with van der Waals surface area (Å²) in [5.74, 6) is -0.197. The molecule has 1 fully saturated rings. The van der Waals surface area contributed by atoms with Gasteiger partial charge in [-0.2, -0.15) is 0 Å². The van der Waals surface area contributed by atoms with Gasteiger partial charge in [-0.05, 0) is 48.7 Å². The number of nitrogen functional groups attached to an aromatic ring is 1. The first-order valence-corrected chi connectivity index (χ1v) is 7.52. The highest BCUT2D eigenvalue weighted by atomic mass is 35.5. The molecule has 2 nitrogen and oxygen atoms in total. The first-order valence-electron chi connectivity index (χ1n) is 7.14. The molecule has 2 aromatic carbocycles. The zero-order valence-electron chi connectivity index (χ0n) is 11.7. The van der Waals surface area contributed by atoms with Crippen molar-refractivity contribution in [2.75, 3.05) is 5.73 Å². The monoisotopic (exact) mass is 304 g/mol. The first-order chi connectivity index (χ1) is 10.1. The predicted molar refractivity (Wildman–Crippen MR) is 84.5 cm³/mol. The highest BCUT2D eigenvalue weighted by Gasteiger charge is 2.29. The Kier molecular flexibility index (Phi) is 4.13. The number of nitrogens with zero attached hydrogens (tertiary/aromatic N) is 1. The van der Waals surface area contributed by atoms with Crippen molar-refractivity contribution in [3.05, 3.63) is 64.4 Å². The molecule has 1 aliphatic rings. The maximum Gasteiger partial charge on any atom is 0.127 e. The van der Waals surface area contributed by atoms with Gasteiger partial charge in [-0.3, -0.25) is 4.90 Å². The van der Waals surface area contributed by atoms with E-state index >= 15 is 0 Å². The summed E-state index contributed by atoms with van der Waals surface area (Å²) in [4.78, 5) is 2.30. The van der Waals surface area contributed by atoms with Crippen LogP contribution in [0.4, 0.5) is 10.1 Å². The Bertz CT molecular complexity index is 640. The van der Waals surface area contributed by atoms with E-state index in [1.54, 1.807) is 12.1 Å². The molecule has 0 saturated heterocycles. The average Bonchev–Trinajstić information content (AvgIpc) is 3.27. The van der Waals surface area contributed by atoms with Crippen LogP contribution in [0.1, 0.15) is 24.0 Å². The molecule has 0 bridgehead atoms. The van der Waals surface area contributed by atoms with Crippen LogP contribution in [0, 0.1) is 5.82 Å². The van der Waals surface area contributed by atoms with E-state index in [9.17, 15) is 4.39 Å². The molecular weight excluding hydrogens is 287 g/mol. The maximum atomic E-state index is 13.9. The zero-order chi connectivity index (χ0) is 14.8. The molecule has 1 saturated carbocycles. The van der Waals surface area contributed by atoms with E-state index in [-0.39, 0.29) is 5.82 Å². The number of hydrogen-bond acceptors (Lipinski definition) is 2. The van der Waals surface area contributed by atoms with Gasteiger partial charge >= 0.3 is 0 Å². The molecule has 110 valence electrons. The Morgan fingerprint density at radius 2 is 1.95 bits per heavy atom.